The molecule has 0 spiro atoms. The minimum atomic E-state index is -0.147. The Bertz CT molecular complexity index is 946. The number of amides is 2. The van der Waals surface area contributed by atoms with E-state index in [-0.39, 0.29) is 31.1 Å². The average Bonchev–Trinajstić information content (AvgIpc) is 2.84. The number of nitriles is 1. The zero-order valence-electron chi connectivity index (χ0n) is 19.5. The summed E-state index contributed by atoms with van der Waals surface area (Å²) in [5, 5.41) is 11.9. The number of para-hydroxylation sites is 1. The van der Waals surface area contributed by atoms with Crippen LogP contribution in [0.4, 0.5) is 5.69 Å². The molecule has 2 aromatic rings. The predicted octanol–water partition coefficient (Wildman–Crippen LogP) is 4.26. The first kappa shape index (κ1) is 24.5. The maximum atomic E-state index is 12.8. The van der Waals surface area contributed by atoms with Gasteiger partial charge in [0.2, 0.25) is 11.8 Å². The van der Waals surface area contributed by atoms with Crippen molar-refractivity contribution >= 4 is 17.5 Å². The number of nitrogens with zero attached hydrogens (tertiary/aromatic N) is 3. The van der Waals surface area contributed by atoms with E-state index < -0.39 is 0 Å². The van der Waals surface area contributed by atoms with Gasteiger partial charge in [0.05, 0.1) is 12.5 Å². The highest BCUT2D eigenvalue weighted by Crippen LogP contribution is 2.20. The van der Waals surface area contributed by atoms with E-state index in [2.05, 4.69) is 35.3 Å². The molecule has 3 rings (SSSR count). The van der Waals surface area contributed by atoms with Crippen molar-refractivity contribution in [1.29, 1.82) is 5.26 Å². The van der Waals surface area contributed by atoms with Crippen LogP contribution < -0.4 is 10.2 Å². The molecule has 1 aliphatic rings. The van der Waals surface area contributed by atoms with Crippen LogP contribution in [0.3, 0.4) is 0 Å². The van der Waals surface area contributed by atoms with Gasteiger partial charge in [-0.1, -0.05) is 49.4 Å². The molecule has 0 bridgehead atoms. The van der Waals surface area contributed by atoms with Crippen LogP contribution >= 0.6 is 0 Å². The lowest BCUT2D eigenvalue weighted by Gasteiger charge is -2.30. The van der Waals surface area contributed by atoms with Gasteiger partial charge in [-0.2, -0.15) is 5.26 Å². The molecule has 1 heterocycles. The Labute approximate surface area is 197 Å². The van der Waals surface area contributed by atoms with Crippen LogP contribution in [0.2, 0.25) is 0 Å². The van der Waals surface area contributed by atoms with Crippen molar-refractivity contribution in [2.24, 2.45) is 5.92 Å². The molecule has 2 amide bonds. The standard InChI is InChI=1S/C27H34N4O2/c1-22-14-18-30(19-15-22)21-24-9-6-5-8-23(24)20-29-26(32)12-13-27(33)31(17-7-16-28)25-10-3-2-4-11-25/h2-6,8-11,22H,7,12-15,17-21H2,1H3,(H,29,32). The molecule has 6 heteroatoms. The van der Waals surface area contributed by atoms with Gasteiger partial charge in [0.25, 0.3) is 0 Å². The van der Waals surface area contributed by atoms with Crippen LogP contribution in [-0.4, -0.2) is 36.3 Å². The molecular formula is C27H34N4O2. The van der Waals surface area contributed by atoms with Crippen molar-refractivity contribution in [2.45, 2.75) is 52.1 Å². The first-order chi connectivity index (χ1) is 16.1. The lowest BCUT2D eigenvalue weighted by Crippen LogP contribution is -2.33. The quantitative estimate of drug-likeness (QED) is 0.592. The number of piperidine rings is 1. The molecule has 1 N–H and O–H groups in total. The van der Waals surface area contributed by atoms with Gasteiger partial charge in [0.1, 0.15) is 0 Å². The third-order valence-electron chi connectivity index (χ3n) is 6.25. The first-order valence-corrected chi connectivity index (χ1v) is 11.8. The predicted molar refractivity (Wildman–Crippen MR) is 130 cm³/mol. The Kier molecular flexibility index (Phi) is 9.46. The molecule has 0 radical (unpaired) electrons. The van der Waals surface area contributed by atoms with Crippen molar-refractivity contribution in [3.05, 3.63) is 65.7 Å². The smallest absolute Gasteiger partial charge is 0.227 e. The van der Waals surface area contributed by atoms with Gasteiger partial charge in [0.15, 0.2) is 0 Å². The Balaban J connectivity index is 1.50. The second kappa shape index (κ2) is 12.8. The number of carbonyl (C=O) groups excluding carboxylic acids is 2. The molecule has 174 valence electrons. The summed E-state index contributed by atoms with van der Waals surface area (Å²) in [5.74, 6) is 0.515. The molecule has 33 heavy (non-hydrogen) atoms. The van der Waals surface area contributed by atoms with Gasteiger partial charge in [0, 0.05) is 38.2 Å². The van der Waals surface area contributed by atoms with Crippen molar-refractivity contribution in [3.8, 4) is 6.07 Å². The maximum absolute atomic E-state index is 12.8. The molecule has 0 aromatic heterocycles. The van der Waals surface area contributed by atoms with Crippen LogP contribution in [0.5, 0.6) is 0 Å². The minimum absolute atomic E-state index is 0.111. The lowest BCUT2D eigenvalue weighted by atomic mass is 9.98. The summed E-state index contributed by atoms with van der Waals surface area (Å²) in [6.07, 6.45) is 2.96. The fourth-order valence-electron chi connectivity index (χ4n) is 4.15. The molecule has 1 fully saturated rings. The van der Waals surface area contributed by atoms with E-state index in [1.807, 2.05) is 42.5 Å². The average molecular weight is 447 g/mol. The Hall–Kier alpha value is -3.17. The second-order valence-corrected chi connectivity index (χ2v) is 8.79. The molecule has 2 aromatic carbocycles. The van der Waals surface area contributed by atoms with Crippen LogP contribution in [0.1, 0.15) is 50.2 Å². The van der Waals surface area contributed by atoms with E-state index in [9.17, 15) is 9.59 Å². The minimum Gasteiger partial charge on any atom is -0.352 e. The van der Waals surface area contributed by atoms with E-state index >= 15 is 0 Å². The third-order valence-corrected chi connectivity index (χ3v) is 6.25. The van der Waals surface area contributed by atoms with Gasteiger partial charge in [-0.3, -0.25) is 14.5 Å². The number of carbonyl (C=O) groups is 2. The zero-order chi connectivity index (χ0) is 23.5. The SMILES string of the molecule is CC1CCN(Cc2ccccc2CNC(=O)CCC(=O)N(CCC#N)c2ccccc2)CC1. The molecule has 1 aliphatic heterocycles. The number of rotatable bonds is 10. The van der Waals surface area contributed by atoms with Crippen molar-refractivity contribution in [1.82, 2.24) is 10.2 Å². The Morgan fingerprint density at radius 3 is 2.39 bits per heavy atom. The van der Waals surface area contributed by atoms with Crippen LogP contribution in [-0.2, 0) is 22.7 Å². The number of likely N-dealkylation sites (tertiary alicyclic amines) is 1. The number of nitrogens with one attached hydrogen (secondary N) is 1. The monoisotopic (exact) mass is 446 g/mol. The van der Waals surface area contributed by atoms with E-state index in [1.54, 1.807) is 4.90 Å². The summed E-state index contributed by atoms with van der Waals surface area (Å²) >= 11 is 0. The summed E-state index contributed by atoms with van der Waals surface area (Å²) in [6.45, 7) is 6.24. The van der Waals surface area contributed by atoms with Crippen LogP contribution in [0, 0.1) is 17.2 Å². The molecule has 0 saturated carbocycles. The summed E-state index contributed by atoms with van der Waals surface area (Å²) in [5.41, 5.74) is 3.12. The number of hydrogen-bond donors (Lipinski definition) is 1. The van der Waals surface area contributed by atoms with Gasteiger partial charge in [-0.15, -0.1) is 0 Å². The van der Waals surface area contributed by atoms with Crippen molar-refractivity contribution in [2.75, 3.05) is 24.5 Å². The summed E-state index contributed by atoms with van der Waals surface area (Å²) in [7, 11) is 0. The van der Waals surface area contributed by atoms with Crippen LogP contribution in [0.25, 0.3) is 0 Å². The van der Waals surface area contributed by atoms with Crippen LogP contribution in [0.15, 0.2) is 54.6 Å². The normalized spacial score (nSPS) is 14.4. The second-order valence-electron chi connectivity index (χ2n) is 8.79. The Morgan fingerprint density at radius 1 is 1.03 bits per heavy atom. The molecule has 0 unspecified atom stereocenters. The summed E-state index contributed by atoms with van der Waals surface area (Å²) < 4.78 is 0. The third kappa shape index (κ3) is 7.73. The van der Waals surface area contributed by atoms with Crippen molar-refractivity contribution < 1.29 is 9.59 Å². The number of hydrogen-bond acceptors (Lipinski definition) is 4. The lowest BCUT2D eigenvalue weighted by molar-refractivity contribution is -0.125. The first-order valence-electron chi connectivity index (χ1n) is 11.8. The molecule has 1 saturated heterocycles. The maximum Gasteiger partial charge on any atom is 0.227 e. The highest BCUT2D eigenvalue weighted by atomic mass is 16.2. The number of anilines is 1. The van der Waals surface area contributed by atoms with E-state index in [0.29, 0.717) is 13.1 Å². The molecule has 6 nitrogen and oxygen atoms in total. The molecular weight excluding hydrogens is 412 g/mol. The topological polar surface area (TPSA) is 76.4 Å². The van der Waals surface area contributed by atoms with E-state index in [1.165, 1.54) is 18.4 Å². The van der Waals surface area contributed by atoms with Crippen molar-refractivity contribution in [3.63, 3.8) is 0 Å². The largest absolute Gasteiger partial charge is 0.352 e. The van der Waals surface area contributed by atoms with Gasteiger partial charge >= 0.3 is 0 Å². The highest BCUT2D eigenvalue weighted by molar-refractivity contribution is 5.95. The van der Waals surface area contributed by atoms with E-state index in [0.717, 1.165) is 36.8 Å². The fraction of sp³-hybridized carbons (Fsp3) is 0.444. The zero-order valence-corrected chi connectivity index (χ0v) is 19.5. The molecule has 0 aliphatic carbocycles. The fourth-order valence-corrected chi connectivity index (χ4v) is 4.15. The Morgan fingerprint density at radius 2 is 1.70 bits per heavy atom. The van der Waals surface area contributed by atoms with Gasteiger partial charge < -0.3 is 10.2 Å². The van der Waals surface area contributed by atoms with E-state index in [4.69, 9.17) is 5.26 Å². The van der Waals surface area contributed by atoms with Gasteiger partial charge in [-0.25, -0.2) is 0 Å². The molecule has 0 atom stereocenters. The number of benzene rings is 2. The van der Waals surface area contributed by atoms with Gasteiger partial charge in [-0.05, 0) is 55.1 Å². The summed E-state index contributed by atoms with van der Waals surface area (Å²) in [6, 6.07) is 19.6. The summed E-state index contributed by atoms with van der Waals surface area (Å²) in [4.78, 5) is 29.3. The highest BCUT2D eigenvalue weighted by Gasteiger charge is 2.18.